The molecule has 0 aliphatic rings. The smallest absolute Gasteiger partial charge is 0.159 e. The van der Waals surface area contributed by atoms with E-state index in [1.54, 1.807) is 6.92 Å². The molecular formula is C20H27FO. The van der Waals surface area contributed by atoms with E-state index in [2.05, 4.69) is 13.8 Å². The van der Waals surface area contributed by atoms with Crippen LogP contribution in [-0.2, 0) is 0 Å². The van der Waals surface area contributed by atoms with Crippen LogP contribution in [0.3, 0.4) is 0 Å². The SMILES string of the molecule is CC.CC(=O)c1ccc(C)cc1.CC(C)c1ccc(F)cc1. The van der Waals surface area contributed by atoms with Gasteiger partial charge < -0.3 is 0 Å². The topological polar surface area (TPSA) is 17.1 Å². The van der Waals surface area contributed by atoms with Gasteiger partial charge in [0, 0.05) is 5.56 Å². The van der Waals surface area contributed by atoms with Gasteiger partial charge in [0.25, 0.3) is 0 Å². The normalized spacial score (nSPS) is 9.27. The second-order valence-corrected chi connectivity index (χ2v) is 5.13. The predicted molar refractivity (Wildman–Crippen MR) is 93.0 cm³/mol. The first-order valence-electron chi connectivity index (χ1n) is 7.73. The molecule has 0 spiro atoms. The minimum atomic E-state index is -0.163. The summed E-state index contributed by atoms with van der Waals surface area (Å²) in [6.45, 7) is 11.8. The fourth-order valence-electron chi connectivity index (χ4n) is 1.64. The van der Waals surface area contributed by atoms with Gasteiger partial charge in [-0.3, -0.25) is 4.79 Å². The van der Waals surface area contributed by atoms with Crippen molar-refractivity contribution in [2.75, 3.05) is 0 Å². The van der Waals surface area contributed by atoms with Gasteiger partial charge >= 0.3 is 0 Å². The maximum absolute atomic E-state index is 12.4. The first-order chi connectivity index (χ1) is 10.4. The quantitative estimate of drug-likeness (QED) is 0.606. The molecule has 2 aromatic carbocycles. The number of benzene rings is 2. The molecule has 0 saturated heterocycles. The van der Waals surface area contributed by atoms with E-state index in [1.807, 2.05) is 57.2 Å². The number of halogens is 1. The summed E-state index contributed by atoms with van der Waals surface area (Å²) in [5, 5.41) is 0. The van der Waals surface area contributed by atoms with E-state index in [0.717, 1.165) is 5.56 Å². The molecule has 0 radical (unpaired) electrons. The maximum atomic E-state index is 12.4. The summed E-state index contributed by atoms with van der Waals surface area (Å²) in [7, 11) is 0. The molecule has 0 fully saturated rings. The molecule has 1 nitrogen and oxygen atoms in total. The molecule has 0 aromatic heterocycles. The van der Waals surface area contributed by atoms with Gasteiger partial charge in [0.15, 0.2) is 5.78 Å². The second-order valence-electron chi connectivity index (χ2n) is 5.13. The fourth-order valence-corrected chi connectivity index (χ4v) is 1.64. The molecule has 120 valence electrons. The van der Waals surface area contributed by atoms with Crippen LogP contribution in [0.4, 0.5) is 4.39 Å². The molecule has 2 heteroatoms. The summed E-state index contributed by atoms with van der Waals surface area (Å²) in [4.78, 5) is 10.8. The van der Waals surface area contributed by atoms with Gasteiger partial charge in [0.2, 0.25) is 0 Å². The summed E-state index contributed by atoms with van der Waals surface area (Å²) < 4.78 is 12.4. The van der Waals surface area contributed by atoms with Crippen molar-refractivity contribution in [2.45, 2.75) is 47.5 Å². The molecule has 0 N–H and O–H groups in total. The zero-order valence-corrected chi connectivity index (χ0v) is 14.5. The Morgan fingerprint density at radius 2 is 1.36 bits per heavy atom. The molecule has 0 atom stereocenters. The van der Waals surface area contributed by atoms with Crippen LogP contribution in [0.1, 0.15) is 62.0 Å². The van der Waals surface area contributed by atoms with Crippen LogP contribution in [0.5, 0.6) is 0 Å². The van der Waals surface area contributed by atoms with E-state index in [0.29, 0.717) is 5.92 Å². The zero-order chi connectivity index (χ0) is 17.1. The zero-order valence-electron chi connectivity index (χ0n) is 14.5. The van der Waals surface area contributed by atoms with E-state index in [4.69, 9.17) is 0 Å². The lowest BCUT2D eigenvalue weighted by atomic mass is 10.0. The lowest BCUT2D eigenvalue weighted by Crippen LogP contribution is -1.90. The summed E-state index contributed by atoms with van der Waals surface area (Å²) in [5.74, 6) is 0.449. The molecular weight excluding hydrogens is 275 g/mol. The summed E-state index contributed by atoms with van der Waals surface area (Å²) >= 11 is 0. The fraction of sp³-hybridized carbons (Fsp3) is 0.350. The van der Waals surface area contributed by atoms with Crippen LogP contribution < -0.4 is 0 Å². The van der Waals surface area contributed by atoms with Crippen molar-refractivity contribution in [2.24, 2.45) is 0 Å². The Bertz CT molecular complexity index is 539. The Balaban J connectivity index is 0.000000360. The molecule has 22 heavy (non-hydrogen) atoms. The lowest BCUT2D eigenvalue weighted by Gasteiger charge is -2.02. The van der Waals surface area contributed by atoms with Crippen LogP contribution in [-0.4, -0.2) is 5.78 Å². The third-order valence-electron chi connectivity index (χ3n) is 2.99. The highest BCUT2D eigenvalue weighted by Gasteiger charge is 1.97. The molecule has 2 aromatic rings. The molecule has 0 amide bonds. The number of rotatable bonds is 2. The minimum Gasteiger partial charge on any atom is -0.295 e. The van der Waals surface area contributed by atoms with Crippen LogP contribution in [0.2, 0.25) is 0 Å². The van der Waals surface area contributed by atoms with Gasteiger partial charge in [-0.1, -0.05) is 69.7 Å². The maximum Gasteiger partial charge on any atom is 0.159 e. The Morgan fingerprint density at radius 3 is 1.73 bits per heavy atom. The number of hydrogen-bond acceptors (Lipinski definition) is 1. The van der Waals surface area contributed by atoms with Crippen molar-refractivity contribution in [1.29, 1.82) is 0 Å². The average Bonchev–Trinajstić information content (AvgIpc) is 2.51. The van der Waals surface area contributed by atoms with Crippen LogP contribution in [0.15, 0.2) is 48.5 Å². The number of ketones is 1. The Morgan fingerprint density at radius 1 is 0.909 bits per heavy atom. The lowest BCUT2D eigenvalue weighted by molar-refractivity contribution is 0.101. The molecule has 0 saturated carbocycles. The number of carbonyl (C=O) groups is 1. The highest BCUT2D eigenvalue weighted by atomic mass is 19.1. The number of carbonyl (C=O) groups excluding carboxylic acids is 1. The van der Waals surface area contributed by atoms with Gasteiger partial charge in [-0.05, 0) is 37.5 Å². The van der Waals surface area contributed by atoms with Crippen molar-refractivity contribution in [1.82, 2.24) is 0 Å². The monoisotopic (exact) mass is 302 g/mol. The highest BCUT2D eigenvalue weighted by molar-refractivity contribution is 5.93. The molecule has 0 aliphatic heterocycles. The van der Waals surface area contributed by atoms with Gasteiger partial charge in [-0.25, -0.2) is 4.39 Å². The van der Waals surface area contributed by atoms with Gasteiger partial charge in [0.05, 0.1) is 0 Å². The standard InChI is InChI=1S/C9H11F.C9H10O.C2H6/c1-7(2)8-3-5-9(10)6-4-8;1-7-3-5-9(6-4-7)8(2)10;1-2/h3-7H,1-2H3;3-6H,1-2H3;1-2H3. The molecule has 2 rings (SSSR count). The van der Waals surface area contributed by atoms with E-state index in [1.165, 1.54) is 23.3 Å². The predicted octanol–water partition coefficient (Wildman–Crippen LogP) is 6.17. The molecule has 0 heterocycles. The van der Waals surface area contributed by atoms with Crippen LogP contribution >= 0.6 is 0 Å². The Labute approximate surface area is 134 Å². The average molecular weight is 302 g/mol. The summed E-state index contributed by atoms with van der Waals surface area (Å²) in [5.41, 5.74) is 3.15. The largest absolute Gasteiger partial charge is 0.295 e. The third kappa shape index (κ3) is 7.72. The second kappa shape index (κ2) is 10.7. The van der Waals surface area contributed by atoms with Crippen LogP contribution in [0, 0.1) is 12.7 Å². The Kier molecular flexibility index (Phi) is 9.77. The highest BCUT2D eigenvalue weighted by Crippen LogP contribution is 2.13. The van der Waals surface area contributed by atoms with Crippen molar-refractivity contribution in [3.8, 4) is 0 Å². The van der Waals surface area contributed by atoms with Crippen LogP contribution in [0.25, 0.3) is 0 Å². The van der Waals surface area contributed by atoms with Crippen molar-refractivity contribution >= 4 is 5.78 Å². The van der Waals surface area contributed by atoms with Gasteiger partial charge in [0.1, 0.15) is 5.82 Å². The van der Waals surface area contributed by atoms with Crippen molar-refractivity contribution in [3.05, 3.63) is 71.0 Å². The number of hydrogen-bond donors (Lipinski definition) is 0. The van der Waals surface area contributed by atoms with E-state index in [-0.39, 0.29) is 11.6 Å². The van der Waals surface area contributed by atoms with E-state index in [9.17, 15) is 9.18 Å². The van der Waals surface area contributed by atoms with Crippen molar-refractivity contribution in [3.63, 3.8) is 0 Å². The van der Waals surface area contributed by atoms with E-state index >= 15 is 0 Å². The number of Topliss-reactive ketones (excluding diaryl/α,β-unsaturated/α-hetero) is 1. The third-order valence-corrected chi connectivity index (χ3v) is 2.99. The summed E-state index contributed by atoms with van der Waals surface area (Å²) in [6.07, 6.45) is 0. The molecule has 0 unspecified atom stereocenters. The molecule has 0 aliphatic carbocycles. The van der Waals surface area contributed by atoms with Gasteiger partial charge in [-0.2, -0.15) is 0 Å². The Hall–Kier alpha value is -1.96. The first-order valence-corrected chi connectivity index (χ1v) is 7.73. The van der Waals surface area contributed by atoms with Crippen molar-refractivity contribution < 1.29 is 9.18 Å². The number of aryl methyl sites for hydroxylation is 1. The summed E-state index contributed by atoms with van der Waals surface area (Å²) in [6, 6.07) is 14.2. The first kappa shape index (κ1) is 20.0. The minimum absolute atomic E-state index is 0.125. The molecule has 0 bridgehead atoms. The van der Waals surface area contributed by atoms with Gasteiger partial charge in [-0.15, -0.1) is 0 Å². The van der Waals surface area contributed by atoms with E-state index < -0.39 is 0 Å².